The van der Waals surface area contributed by atoms with Gasteiger partial charge in [-0.15, -0.1) is 0 Å². The molecule has 0 heterocycles. The van der Waals surface area contributed by atoms with Crippen molar-refractivity contribution < 1.29 is 23.8 Å². The van der Waals surface area contributed by atoms with Crippen LogP contribution in [0.25, 0.3) is 0 Å². The fourth-order valence-corrected chi connectivity index (χ4v) is 2.00. The van der Waals surface area contributed by atoms with Crippen molar-refractivity contribution in [3.05, 3.63) is 12.2 Å². The van der Waals surface area contributed by atoms with Crippen molar-refractivity contribution >= 4 is 23.8 Å². The Labute approximate surface area is 136 Å². The summed E-state index contributed by atoms with van der Waals surface area (Å²) in [5.74, 6) is 0.598. The van der Waals surface area contributed by atoms with Crippen molar-refractivity contribution in [1.82, 2.24) is 5.32 Å². The van der Waals surface area contributed by atoms with Gasteiger partial charge in [-0.1, -0.05) is 20.4 Å². The molecule has 0 radical (unpaired) electrons. The standard InChI is InChI=1S/C15H27NO5S/c1-12(2)14(17)20-8-6-16-15(18)21-10-9-19-7-5-11-22-13(3)4/h13H,1,5-11H2,2-4H3,(H,16,18). The minimum absolute atomic E-state index is 0.0881. The summed E-state index contributed by atoms with van der Waals surface area (Å²) in [6.07, 6.45) is 0.439. The van der Waals surface area contributed by atoms with Gasteiger partial charge < -0.3 is 19.5 Å². The van der Waals surface area contributed by atoms with Gasteiger partial charge in [0.05, 0.1) is 13.2 Å². The van der Waals surface area contributed by atoms with E-state index >= 15 is 0 Å². The SMILES string of the molecule is C=C(C)C(=O)OCCNC(=O)OCCOCCCSC(C)C. The second-order valence-electron chi connectivity index (χ2n) is 4.86. The van der Waals surface area contributed by atoms with Gasteiger partial charge >= 0.3 is 12.1 Å². The molecule has 0 aromatic heterocycles. The monoisotopic (exact) mass is 333 g/mol. The topological polar surface area (TPSA) is 73.9 Å². The predicted molar refractivity (Wildman–Crippen MR) is 88.2 cm³/mol. The molecule has 0 aliphatic carbocycles. The Morgan fingerprint density at radius 2 is 1.86 bits per heavy atom. The molecule has 22 heavy (non-hydrogen) atoms. The fraction of sp³-hybridized carbons (Fsp3) is 0.733. The van der Waals surface area contributed by atoms with Crippen molar-refractivity contribution in [2.24, 2.45) is 0 Å². The molecule has 0 atom stereocenters. The molecule has 0 aromatic carbocycles. The Kier molecular flexibility index (Phi) is 12.7. The van der Waals surface area contributed by atoms with E-state index in [2.05, 4.69) is 25.7 Å². The molecular weight excluding hydrogens is 306 g/mol. The highest BCUT2D eigenvalue weighted by molar-refractivity contribution is 7.99. The van der Waals surface area contributed by atoms with Crippen LogP contribution in [-0.4, -0.2) is 56.0 Å². The molecule has 6 nitrogen and oxygen atoms in total. The van der Waals surface area contributed by atoms with Crippen LogP contribution in [0.5, 0.6) is 0 Å². The zero-order valence-corrected chi connectivity index (χ0v) is 14.5. The Bertz CT molecular complexity index is 347. The summed E-state index contributed by atoms with van der Waals surface area (Å²) in [5.41, 5.74) is 0.325. The van der Waals surface area contributed by atoms with E-state index in [-0.39, 0.29) is 19.8 Å². The molecule has 0 bridgehead atoms. The van der Waals surface area contributed by atoms with Gasteiger partial charge in [0.15, 0.2) is 0 Å². The zero-order chi connectivity index (χ0) is 16.8. The van der Waals surface area contributed by atoms with Gasteiger partial charge in [-0.3, -0.25) is 0 Å². The third kappa shape index (κ3) is 13.8. The van der Waals surface area contributed by atoms with Crippen molar-refractivity contribution in [1.29, 1.82) is 0 Å². The average Bonchev–Trinajstić information content (AvgIpc) is 2.45. The maximum absolute atomic E-state index is 11.3. The summed E-state index contributed by atoms with van der Waals surface area (Å²) < 4.78 is 15.1. The van der Waals surface area contributed by atoms with Gasteiger partial charge in [-0.05, 0) is 24.3 Å². The molecule has 1 amide bonds. The number of thioether (sulfide) groups is 1. The minimum Gasteiger partial charge on any atom is -0.460 e. The largest absolute Gasteiger partial charge is 0.460 e. The predicted octanol–water partition coefficient (Wildman–Crippen LogP) is 2.38. The maximum atomic E-state index is 11.3. The van der Waals surface area contributed by atoms with E-state index in [1.165, 1.54) is 0 Å². The van der Waals surface area contributed by atoms with Crippen LogP contribution in [0, 0.1) is 0 Å². The van der Waals surface area contributed by atoms with Crippen LogP contribution in [0.4, 0.5) is 4.79 Å². The summed E-state index contributed by atoms with van der Waals surface area (Å²) in [4.78, 5) is 22.3. The van der Waals surface area contributed by atoms with E-state index < -0.39 is 12.1 Å². The maximum Gasteiger partial charge on any atom is 0.407 e. The van der Waals surface area contributed by atoms with Crippen LogP contribution in [-0.2, 0) is 19.0 Å². The number of alkyl carbamates (subject to hydrolysis) is 1. The van der Waals surface area contributed by atoms with Crippen LogP contribution in [0.15, 0.2) is 12.2 Å². The lowest BCUT2D eigenvalue weighted by atomic mass is 10.4. The van der Waals surface area contributed by atoms with Crippen LogP contribution >= 0.6 is 11.8 Å². The van der Waals surface area contributed by atoms with Gasteiger partial charge in [-0.2, -0.15) is 11.8 Å². The van der Waals surface area contributed by atoms with E-state index in [1.54, 1.807) is 6.92 Å². The summed E-state index contributed by atoms with van der Waals surface area (Å²) in [6, 6.07) is 0. The highest BCUT2D eigenvalue weighted by Gasteiger charge is 2.04. The molecule has 7 heteroatoms. The number of ether oxygens (including phenoxy) is 3. The van der Waals surface area contributed by atoms with Crippen LogP contribution in [0.1, 0.15) is 27.2 Å². The first-order valence-corrected chi connectivity index (χ1v) is 8.41. The second-order valence-corrected chi connectivity index (χ2v) is 6.55. The highest BCUT2D eigenvalue weighted by atomic mass is 32.2. The molecule has 0 unspecified atom stereocenters. The first-order chi connectivity index (χ1) is 10.4. The van der Waals surface area contributed by atoms with Crippen molar-refractivity contribution in [2.75, 3.05) is 38.7 Å². The molecule has 1 N–H and O–H groups in total. The molecule has 0 aromatic rings. The number of rotatable bonds is 12. The smallest absolute Gasteiger partial charge is 0.407 e. The Morgan fingerprint density at radius 3 is 2.50 bits per heavy atom. The molecule has 0 spiro atoms. The number of carbonyl (C=O) groups is 2. The highest BCUT2D eigenvalue weighted by Crippen LogP contribution is 2.09. The van der Waals surface area contributed by atoms with Crippen molar-refractivity contribution in [3.8, 4) is 0 Å². The van der Waals surface area contributed by atoms with Crippen molar-refractivity contribution in [2.45, 2.75) is 32.4 Å². The number of hydrogen-bond acceptors (Lipinski definition) is 6. The number of esters is 1. The first-order valence-electron chi connectivity index (χ1n) is 7.36. The molecule has 0 aliphatic heterocycles. The van der Waals surface area contributed by atoms with E-state index in [4.69, 9.17) is 14.2 Å². The minimum atomic E-state index is -0.551. The van der Waals surface area contributed by atoms with Gasteiger partial charge in [0.1, 0.15) is 13.2 Å². The summed E-state index contributed by atoms with van der Waals surface area (Å²) in [7, 11) is 0. The van der Waals surface area contributed by atoms with E-state index in [0.717, 1.165) is 12.2 Å². The zero-order valence-electron chi connectivity index (χ0n) is 13.7. The van der Waals surface area contributed by atoms with E-state index in [0.29, 0.717) is 24.0 Å². The number of amides is 1. The summed E-state index contributed by atoms with van der Waals surface area (Å²) >= 11 is 1.90. The van der Waals surface area contributed by atoms with Gasteiger partial charge in [-0.25, -0.2) is 9.59 Å². The lowest BCUT2D eigenvalue weighted by molar-refractivity contribution is -0.138. The Balaban J connectivity index is 3.33. The molecule has 128 valence electrons. The lowest BCUT2D eigenvalue weighted by Crippen LogP contribution is -2.29. The normalized spacial score (nSPS) is 10.4. The Morgan fingerprint density at radius 1 is 1.14 bits per heavy atom. The van der Waals surface area contributed by atoms with Crippen LogP contribution < -0.4 is 5.32 Å². The number of nitrogens with one attached hydrogen (secondary N) is 1. The first kappa shape index (κ1) is 20.8. The van der Waals surface area contributed by atoms with Gasteiger partial charge in [0.25, 0.3) is 0 Å². The third-order valence-electron chi connectivity index (χ3n) is 2.30. The number of carbonyl (C=O) groups excluding carboxylic acids is 2. The quantitative estimate of drug-likeness (QED) is 0.336. The molecule has 0 rings (SSSR count). The van der Waals surface area contributed by atoms with Gasteiger partial charge in [0, 0.05) is 12.2 Å². The molecule has 0 saturated carbocycles. The second kappa shape index (κ2) is 13.5. The number of hydrogen-bond donors (Lipinski definition) is 1. The lowest BCUT2D eigenvalue weighted by Gasteiger charge is -2.08. The third-order valence-corrected chi connectivity index (χ3v) is 3.49. The van der Waals surface area contributed by atoms with E-state index in [1.807, 2.05) is 11.8 Å². The van der Waals surface area contributed by atoms with Crippen LogP contribution in [0.3, 0.4) is 0 Å². The molecular formula is C15H27NO5S. The molecule has 0 saturated heterocycles. The fourth-order valence-electron chi connectivity index (χ4n) is 1.25. The summed E-state index contributed by atoms with van der Waals surface area (Å²) in [5, 5.41) is 3.11. The Hall–Kier alpha value is -1.21. The molecule has 0 aliphatic rings. The summed E-state index contributed by atoms with van der Waals surface area (Å²) in [6.45, 7) is 10.9. The van der Waals surface area contributed by atoms with Gasteiger partial charge in [0.2, 0.25) is 0 Å². The van der Waals surface area contributed by atoms with E-state index in [9.17, 15) is 9.59 Å². The van der Waals surface area contributed by atoms with Crippen LogP contribution in [0.2, 0.25) is 0 Å². The molecule has 0 fully saturated rings. The van der Waals surface area contributed by atoms with Crippen molar-refractivity contribution in [3.63, 3.8) is 0 Å². The average molecular weight is 333 g/mol.